The first-order chi connectivity index (χ1) is 9.38. The second-order valence-electron chi connectivity index (χ2n) is 4.46. The topological polar surface area (TPSA) is 49.4 Å². The Morgan fingerprint density at radius 3 is 2.40 bits per heavy atom. The monoisotopic (exact) mass is 286 g/mol. The maximum atomic E-state index is 12.3. The minimum absolute atomic E-state index is 0.0450. The van der Waals surface area contributed by atoms with Crippen LogP contribution in [0.25, 0.3) is 0 Å². The zero-order valence-electron chi connectivity index (χ0n) is 10.5. The van der Waals surface area contributed by atoms with Crippen molar-refractivity contribution in [2.45, 2.75) is 12.6 Å². The second kappa shape index (κ2) is 5.52. The van der Waals surface area contributed by atoms with Gasteiger partial charge in [-0.15, -0.1) is 0 Å². The van der Waals surface area contributed by atoms with E-state index in [1.54, 1.807) is 0 Å². The molecule has 0 unspecified atom stereocenters. The highest BCUT2D eigenvalue weighted by Crippen LogP contribution is 2.23. The molecule has 4 nitrogen and oxygen atoms in total. The standard InChI is InChI=1S/C13H13F3N2O2/c14-13(15,16)12(20)9-1-3-10(4-2-9)18-7-5-11(19)17-6-8-18/h1-4H,5-8H2,(H,17,19). The van der Waals surface area contributed by atoms with Gasteiger partial charge in [0.05, 0.1) is 0 Å². The van der Waals surface area contributed by atoms with Crippen molar-refractivity contribution in [3.63, 3.8) is 0 Å². The summed E-state index contributed by atoms with van der Waals surface area (Å²) in [5.41, 5.74) is 0.311. The van der Waals surface area contributed by atoms with Crippen molar-refractivity contribution < 1.29 is 22.8 Å². The van der Waals surface area contributed by atoms with Gasteiger partial charge in [-0.1, -0.05) is 0 Å². The van der Waals surface area contributed by atoms with E-state index in [9.17, 15) is 22.8 Å². The Balaban J connectivity index is 2.12. The third-order valence-electron chi connectivity index (χ3n) is 3.06. The first-order valence-corrected chi connectivity index (χ1v) is 6.11. The summed E-state index contributed by atoms with van der Waals surface area (Å²) < 4.78 is 36.8. The molecular weight excluding hydrogens is 273 g/mol. The third kappa shape index (κ3) is 3.28. The largest absolute Gasteiger partial charge is 0.454 e. The summed E-state index contributed by atoms with van der Waals surface area (Å²) in [5, 5.41) is 2.71. The number of halogens is 3. The molecule has 108 valence electrons. The molecule has 1 aliphatic heterocycles. The smallest absolute Gasteiger partial charge is 0.369 e. The van der Waals surface area contributed by atoms with E-state index >= 15 is 0 Å². The highest BCUT2D eigenvalue weighted by molar-refractivity contribution is 6.00. The van der Waals surface area contributed by atoms with Crippen LogP contribution in [0.15, 0.2) is 24.3 Å². The molecule has 1 aromatic rings. The molecule has 7 heteroatoms. The quantitative estimate of drug-likeness (QED) is 0.843. The molecule has 0 radical (unpaired) electrons. The molecule has 1 saturated heterocycles. The van der Waals surface area contributed by atoms with Gasteiger partial charge in [0.25, 0.3) is 5.78 Å². The van der Waals surface area contributed by atoms with Gasteiger partial charge in [-0.2, -0.15) is 13.2 Å². The van der Waals surface area contributed by atoms with E-state index in [1.807, 2.05) is 4.90 Å². The molecule has 1 heterocycles. The molecule has 1 fully saturated rings. The number of benzene rings is 1. The van der Waals surface area contributed by atoms with Crippen LogP contribution in [-0.4, -0.2) is 37.5 Å². The minimum Gasteiger partial charge on any atom is -0.369 e. The molecule has 1 aliphatic rings. The average molecular weight is 286 g/mol. The van der Waals surface area contributed by atoms with Crippen molar-refractivity contribution in [2.24, 2.45) is 0 Å². The Hall–Kier alpha value is -2.05. The molecule has 2 rings (SSSR count). The molecule has 0 atom stereocenters. The van der Waals surface area contributed by atoms with Crippen molar-refractivity contribution in [1.82, 2.24) is 5.32 Å². The van der Waals surface area contributed by atoms with Crippen molar-refractivity contribution in [1.29, 1.82) is 0 Å². The van der Waals surface area contributed by atoms with Crippen LogP contribution in [0.3, 0.4) is 0 Å². The number of Topliss-reactive ketones (excluding diaryl/α,β-unsaturated/α-hetero) is 1. The molecule has 0 aliphatic carbocycles. The Morgan fingerprint density at radius 2 is 1.80 bits per heavy atom. The Labute approximate surface area is 113 Å². The first kappa shape index (κ1) is 14.4. The molecule has 1 amide bonds. The number of ketones is 1. The normalized spacial score (nSPS) is 16.6. The van der Waals surface area contributed by atoms with Crippen molar-refractivity contribution in [2.75, 3.05) is 24.5 Å². The van der Waals surface area contributed by atoms with Crippen LogP contribution in [0.2, 0.25) is 0 Å². The molecule has 0 aromatic heterocycles. The zero-order valence-corrected chi connectivity index (χ0v) is 10.5. The van der Waals surface area contributed by atoms with Crippen LogP contribution in [0.4, 0.5) is 18.9 Å². The van der Waals surface area contributed by atoms with Crippen molar-refractivity contribution in [3.8, 4) is 0 Å². The Bertz CT molecular complexity index is 511. The second-order valence-corrected chi connectivity index (χ2v) is 4.46. The number of nitrogens with one attached hydrogen (secondary N) is 1. The van der Waals surface area contributed by atoms with E-state index in [2.05, 4.69) is 5.32 Å². The summed E-state index contributed by atoms with van der Waals surface area (Å²) >= 11 is 0. The molecule has 1 aromatic carbocycles. The lowest BCUT2D eigenvalue weighted by Crippen LogP contribution is -2.28. The molecule has 0 saturated carbocycles. The molecular formula is C13H13F3N2O2. The summed E-state index contributed by atoms with van der Waals surface area (Å²) in [6.45, 7) is 1.57. The van der Waals surface area contributed by atoms with Crippen molar-refractivity contribution in [3.05, 3.63) is 29.8 Å². The van der Waals surface area contributed by atoms with Gasteiger partial charge in [0.15, 0.2) is 0 Å². The van der Waals surface area contributed by atoms with E-state index < -0.39 is 12.0 Å². The summed E-state index contributed by atoms with van der Waals surface area (Å²) in [5.74, 6) is -1.90. The van der Waals surface area contributed by atoms with Gasteiger partial charge in [-0.25, -0.2) is 0 Å². The maximum absolute atomic E-state index is 12.3. The Morgan fingerprint density at radius 1 is 1.15 bits per heavy atom. The van der Waals surface area contributed by atoms with Crippen LogP contribution in [0.5, 0.6) is 0 Å². The number of hydrogen-bond donors (Lipinski definition) is 1. The predicted molar refractivity (Wildman–Crippen MR) is 66.7 cm³/mol. The lowest BCUT2D eigenvalue weighted by Gasteiger charge is -2.22. The molecule has 0 spiro atoms. The first-order valence-electron chi connectivity index (χ1n) is 6.11. The summed E-state index contributed by atoms with van der Waals surface area (Å²) in [6.07, 6.45) is -4.52. The summed E-state index contributed by atoms with van der Waals surface area (Å²) in [6, 6.07) is 5.25. The number of anilines is 1. The number of carbonyl (C=O) groups is 2. The number of carbonyl (C=O) groups excluding carboxylic acids is 2. The van der Waals surface area contributed by atoms with Gasteiger partial charge < -0.3 is 10.2 Å². The summed E-state index contributed by atoms with van der Waals surface area (Å²) in [7, 11) is 0. The number of rotatable bonds is 2. The number of hydrogen-bond acceptors (Lipinski definition) is 3. The van der Waals surface area contributed by atoms with Gasteiger partial charge in [0.2, 0.25) is 5.91 Å². The average Bonchev–Trinajstić information content (AvgIpc) is 2.62. The third-order valence-corrected chi connectivity index (χ3v) is 3.06. The van der Waals surface area contributed by atoms with Crippen LogP contribution in [-0.2, 0) is 4.79 Å². The van der Waals surface area contributed by atoms with Crippen LogP contribution in [0, 0.1) is 0 Å². The maximum Gasteiger partial charge on any atom is 0.454 e. The van der Waals surface area contributed by atoms with Crippen LogP contribution in [0.1, 0.15) is 16.8 Å². The van der Waals surface area contributed by atoms with Crippen LogP contribution >= 0.6 is 0 Å². The predicted octanol–water partition coefficient (Wildman–Crippen LogP) is 1.76. The van der Waals surface area contributed by atoms with Crippen LogP contribution < -0.4 is 10.2 Å². The minimum atomic E-state index is -4.86. The lowest BCUT2D eigenvalue weighted by atomic mass is 10.1. The van der Waals surface area contributed by atoms with Gasteiger partial charge >= 0.3 is 6.18 Å². The number of alkyl halides is 3. The van der Waals surface area contributed by atoms with Gasteiger partial charge in [-0.3, -0.25) is 9.59 Å². The Kier molecular flexibility index (Phi) is 3.96. The highest BCUT2D eigenvalue weighted by atomic mass is 19.4. The molecule has 1 N–H and O–H groups in total. The van der Waals surface area contributed by atoms with E-state index in [-0.39, 0.29) is 11.5 Å². The zero-order chi connectivity index (χ0) is 14.8. The SMILES string of the molecule is O=C1CCN(c2ccc(C(=O)C(F)(F)F)cc2)CCN1. The fourth-order valence-corrected chi connectivity index (χ4v) is 2.01. The van der Waals surface area contributed by atoms with E-state index in [0.717, 1.165) is 12.1 Å². The van der Waals surface area contributed by atoms with Crippen molar-refractivity contribution >= 4 is 17.4 Å². The van der Waals surface area contributed by atoms with Gasteiger partial charge in [0.1, 0.15) is 0 Å². The van der Waals surface area contributed by atoms with E-state index in [4.69, 9.17) is 0 Å². The van der Waals surface area contributed by atoms with E-state index in [1.165, 1.54) is 12.1 Å². The highest BCUT2D eigenvalue weighted by Gasteiger charge is 2.39. The lowest BCUT2D eigenvalue weighted by molar-refractivity contribution is -0.120. The number of amides is 1. The molecule has 0 bridgehead atoms. The van der Waals surface area contributed by atoms with Gasteiger partial charge in [-0.05, 0) is 24.3 Å². The number of nitrogens with zero attached hydrogens (tertiary/aromatic N) is 1. The van der Waals surface area contributed by atoms with Gasteiger partial charge in [0, 0.05) is 37.3 Å². The fourth-order valence-electron chi connectivity index (χ4n) is 2.01. The summed E-state index contributed by atoms with van der Waals surface area (Å²) in [4.78, 5) is 24.2. The molecule has 20 heavy (non-hydrogen) atoms. The fraction of sp³-hybridized carbons (Fsp3) is 0.385. The van der Waals surface area contributed by atoms with E-state index in [0.29, 0.717) is 31.7 Å².